The van der Waals surface area contributed by atoms with E-state index in [1.807, 2.05) is 30.1 Å². The number of unbranched alkanes of at least 4 members (excludes halogenated alkanes) is 7. The van der Waals surface area contributed by atoms with Crippen LogP contribution in [0.2, 0.25) is 0 Å². The molecule has 22 heavy (non-hydrogen) atoms. The van der Waals surface area contributed by atoms with Crippen LogP contribution in [0, 0.1) is 0 Å². The highest BCUT2D eigenvalue weighted by molar-refractivity contribution is 5.94. The molecule has 0 spiro atoms. The second-order valence-electron chi connectivity index (χ2n) is 5.93. The SMILES string of the molecule is CCCCCCCCCCN(C)C(=O)c1cccc(OC)c1. The van der Waals surface area contributed by atoms with Crippen molar-refractivity contribution < 1.29 is 9.53 Å². The van der Waals surface area contributed by atoms with E-state index in [0.717, 1.165) is 18.7 Å². The average molecular weight is 305 g/mol. The number of ether oxygens (including phenoxy) is 1. The highest BCUT2D eigenvalue weighted by atomic mass is 16.5. The fraction of sp³-hybridized carbons (Fsp3) is 0.632. The van der Waals surface area contributed by atoms with Gasteiger partial charge in [-0.05, 0) is 24.6 Å². The predicted molar refractivity (Wildman–Crippen MR) is 92.6 cm³/mol. The number of carbonyl (C=O) groups excluding carboxylic acids is 1. The summed E-state index contributed by atoms with van der Waals surface area (Å²) in [5.74, 6) is 0.799. The Kier molecular flexibility index (Phi) is 9.36. The zero-order valence-corrected chi connectivity index (χ0v) is 14.4. The lowest BCUT2D eigenvalue weighted by Crippen LogP contribution is -2.27. The highest BCUT2D eigenvalue weighted by Crippen LogP contribution is 2.14. The van der Waals surface area contributed by atoms with Gasteiger partial charge in [-0.1, -0.05) is 57.9 Å². The van der Waals surface area contributed by atoms with E-state index in [9.17, 15) is 4.79 Å². The fourth-order valence-electron chi connectivity index (χ4n) is 2.56. The van der Waals surface area contributed by atoms with Crippen molar-refractivity contribution in [2.24, 2.45) is 0 Å². The lowest BCUT2D eigenvalue weighted by Gasteiger charge is -2.17. The summed E-state index contributed by atoms with van der Waals surface area (Å²) in [4.78, 5) is 14.1. The summed E-state index contributed by atoms with van der Waals surface area (Å²) in [5, 5.41) is 0. The molecule has 3 nitrogen and oxygen atoms in total. The molecule has 0 aliphatic heterocycles. The monoisotopic (exact) mass is 305 g/mol. The van der Waals surface area contributed by atoms with Crippen molar-refractivity contribution in [1.82, 2.24) is 4.90 Å². The summed E-state index contributed by atoms with van der Waals surface area (Å²) in [6, 6.07) is 7.35. The maximum Gasteiger partial charge on any atom is 0.253 e. The first-order chi connectivity index (χ1) is 10.7. The number of benzene rings is 1. The zero-order valence-electron chi connectivity index (χ0n) is 14.4. The Morgan fingerprint density at radius 3 is 2.32 bits per heavy atom. The molecular weight excluding hydrogens is 274 g/mol. The van der Waals surface area contributed by atoms with Gasteiger partial charge in [0.15, 0.2) is 0 Å². The number of nitrogens with zero attached hydrogens (tertiary/aromatic N) is 1. The molecule has 0 bridgehead atoms. The summed E-state index contributed by atoms with van der Waals surface area (Å²) >= 11 is 0. The number of carbonyl (C=O) groups is 1. The maximum atomic E-state index is 12.3. The molecule has 1 amide bonds. The highest BCUT2D eigenvalue weighted by Gasteiger charge is 2.11. The van der Waals surface area contributed by atoms with Crippen LogP contribution >= 0.6 is 0 Å². The van der Waals surface area contributed by atoms with Gasteiger partial charge in [-0.2, -0.15) is 0 Å². The van der Waals surface area contributed by atoms with Crippen molar-refractivity contribution in [2.75, 3.05) is 20.7 Å². The van der Waals surface area contributed by atoms with Gasteiger partial charge >= 0.3 is 0 Å². The van der Waals surface area contributed by atoms with Crippen LogP contribution in [-0.2, 0) is 0 Å². The predicted octanol–water partition coefficient (Wildman–Crippen LogP) is 4.91. The molecule has 0 radical (unpaired) electrons. The van der Waals surface area contributed by atoms with Gasteiger partial charge in [0.2, 0.25) is 0 Å². The Morgan fingerprint density at radius 2 is 1.68 bits per heavy atom. The van der Waals surface area contributed by atoms with Crippen LogP contribution in [0.25, 0.3) is 0 Å². The normalized spacial score (nSPS) is 10.5. The van der Waals surface area contributed by atoms with E-state index in [0.29, 0.717) is 5.56 Å². The van der Waals surface area contributed by atoms with E-state index < -0.39 is 0 Å². The molecule has 3 heteroatoms. The van der Waals surface area contributed by atoms with Crippen LogP contribution in [-0.4, -0.2) is 31.5 Å². The Morgan fingerprint density at radius 1 is 1.05 bits per heavy atom. The lowest BCUT2D eigenvalue weighted by atomic mass is 10.1. The average Bonchev–Trinajstić information content (AvgIpc) is 2.56. The standard InChI is InChI=1S/C19H31NO2/c1-4-5-6-7-8-9-10-11-15-20(2)19(21)17-13-12-14-18(16-17)22-3/h12-14,16H,4-11,15H2,1-3H3. The van der Waals surface area contributed by atoms with E-state index >= 15 is 0 Å². The van der Waals surface area contributed by atoms with Crippen LogP contribution in [0.3, 0.4) is 0 Å². The number of amides is 1. The molecule has 0 saturated carbocycles. The molecule has 1 rings (SSSR count). The molecule has 0 N–H and O–H groups in total. The van der Waals surface area contributed by atoms with Crippen molar-refractivity contribution in [3.05, 3.63) is 29.8 Å². The second-order valence-corrected chi connectivity index (χ2v) is 5.93. The first-order valence-electron chi connectivity index (χ1n) is 8.58. The topological polar surface area (TPSA) is 29.5 Å². The smallest absolute Gasteiger partial charge is 0.253 e. The lowest BCUT2D eigenvalue weighted by molar-refractivity contribution is 0.0792. The minimum Gasteiger partial charge on any atom is -0.497 e. The minimum absolute atomic E-state index is 0.0712. The van der Waals surface area contributed by atoms with Crippen molar-refractivity contribution in [3.63, 3.8) is 0 Å². The Balaban J connectivity index is 2.21. The second kappa shape index (κ2) is 11.1. The molecule has 0 aromatic heterocycles. The van der Waals surface area contributed by atoms with Crippen LogP contribution < -0.4 is 4.74 Å². The van der Waals surface area contributed by atoms with Gasteiger partial charge in [-0.15, -0.1) is 0 Å². The van der Waals surface area contributed by atoms with E-state index in [-0.39, 0.29) is 5.91 Å². The molecular formula is C19H31NO2. The molecule has 0 fully saturated rings. The molecule has 0 aliphatic carbocycles. The van der Waals surface area contributed by atoms with Crippen LogP contribution in [0.1, 0.15) is 68.6 Å². The van der Waals surface area contributed by atoms with Gasteiger partial charge < -0.3 is 9.64 Å². The zero-order chi connectivity index (χ0) is 16.2. The third kappa shape index (κ3) is 6.97. The molecule has 0 saturated heterocycles. The largest absolute Gasteiger partial charge is 0.497 e. The van der Waals surface area contributed by atoms with Gasteiger partial charge in [0.1, 0.15) is 5.75 Å². The number of rotatable bonds is 11. The molecule has 0 aliphatic rings. The first-order valence-corrected chi connectivity index (χ1v) is 8.58. The quantitative estimate of drug-likeness (QED) is 0.544. The molecule has 1 aromatic rings. The molecule has 1 aromatic carbocycles. The van der Waals surface area contributed by atoms with Crippen LogP contribution in [0.5, 0.6) is 5.75 Å². The van der Waals surface area contributed by atoms with Crippen molar-refractivity contribution in [3.8, 4) is 5.75 Å². The summed E-state index contributed by atoms with van der Waals surface area (Å²) < 4.78 is 5.17. The number of hydrogen-bond acceptors (Lipinski definition) is 2. The Bertz CT molecular complexity index is 431. The fourth-order valence-corrected chi connectivity index (χ4v) is 2.56. The van der Waals surface area contributed by atoms with Gasteiger partial charge in [-0.25, -0.2) is 0 Å². The third-order valence-corrected chi connectivity index (χ3v) is 4.01. The van der Waals surface area contributed by atoms with E-state index in [1.165, 1.54) is 44.9 Å². The van der Waals surface area contributed by atoms with Crippen molar-refractivity contribution >= 4 is 5.91 Å². The summed E-state index contributed by atoms with van der Waals surface area (Å²) in [6.07, 6.45) is 10.3. The van der Waals surface area contributed by atoms with E-state index in [2.05, 4.69) is 6.92 Å². The summed E-state index contributed by atoms with van der Waals surface area (Å²) in [5.41, 5.74) is 0.696. The van der Waals surface area contributed by atoms with Crippen LogP contribution in [0.15, 0.2) is 24.3 Å². The van der Waals surface area contributed by atoms with Crippen molar-refractivity contribution in [2.45, 2.75) is 58.3 Å². The van der Waals surface area contributed by atoms with Gasteiger partial charge in [0, 0.05) is 19.2 Å². The van der Waals surface area contributed by atoms with Crippen molar-refractivity contribution in [1.29, 1.82) is 0 Å². The molecule has 124 valence electrons. The number of hydrogen-bond donors (Lipinski definition) is 0. The Hall–Kier alpha value is -1.51. The van der Waals surface area contributed by atoms with Gasteiger partial charge in [-0.3, -0.25) is 4.79 Å². The minimum atomic E-state index is 0.0712. The van der Waals surface area contributed by atoms with Gasteiger partial charge in [0.05, 0.1) is 7.11 Å². The van der Waals surface area contributed by atoms with E-state index in [1.54, 1.807) is 13.2 Å². The number of methoxy groups -OCH3 is 1. The first kappa shape index (κ1) is 18.5. The summed E-state index contributed by atoms with van der Waals surface area (Å²) in [6.45, 7) is 3.07. The van der Waals surface area contributed by atoms with Gasteiger partial charge in [0.25, 0.3) is 5.91 Å². The third-order valence-electron chi connectivity index (χ3n) is 4.01. The van der Waals surface area contributed by atoms with Crippen LogP contribution in [0.4, 0.5) is 0 Å². The Labute approximate surface area is 135 Å². The summed E-state index contributed by atoms with van der Waals surface area (Å²) in [7, 11) is 3.50. The maximum absolute atomic E-state index is 12.3. The molecule has 0 atom stereocenters. The molecule has 0 heterocycles. The van der Waals surface area contributed by atoms with E-state index in [4.69, 9.17) is 4.74 Å². The molecule has 0 unspecified atom stereocenters.